The van der Waals surface area contributed by atoms with Gasteiger partial charge in [0.15, 0.2) is 0 Å². The molecule has 0 amide bonds. The molecule has 1 saturated carbocycles. The maximum Gasteiger partial charge on any atom is 0.134 e. The molecule has 2 aromatic rings. The Morgan fingerprint density at radius 1 is 0.786 bits per heavy atom. The lowest BCUT2D eigenvalue weighted by atomic mass is 9.77. The van der Waals surface area contributed by atoms with Gasteiger partial charge >= 0.3 is 0 Å². The molecule has 0 aromatic heterocycles. The highest BCUT2D eigenvalue weighted by Crippen LogP contribution is 2.35. The average Bonchev–Trinajstić information content (AvgIpc) is 2.68. The van der Waals surface area contributed by atoms with Crippen molar-refractivity contribution in [2.45, 2.75) is 71.1 Å². The molecule has 0 bridgehead atoms. The normalized spacial score (nSPS) is 19.7. The van der Waals surface area contributed by atoms with E-state index in [2.05, 4.69) is 6.92 Å². The molecule has 0 atom stereocenters. The van der Waals surface area contributed by atoms with E-state index in [1.54, 1.807) is 0 Å². The Labute approximate surface area is 167 Å². The molecular weight excluding hydrogens is 357 g/mol. The van der Waals surface area contributed by atoms with E-state index < -0.39 is 17.5 Å². The van der Waals surface area contributed by atoms with Gasteiger partial charge in [0.05, 0.1) is 5.56 Å². The molecule has 0 aliphatic heterocycles. The van der Waals surface area contributed by atoms with Gasteiger partial charge in [-0.2, -0.15) is 0 Å². The molecule has 152 valence electrons. The zero-order valence-electron chi connectivity index (χ0n) is 16.8. The van der Waals surface area contributed by atoms with Gasteiger partial charge < -0.3 is 0 Å². The number of hydrogen-bond acceptors (Lipinski definition) is 0. The topological polar surface area (TPSA) is 0 Å². The Morgan fingerprint density at radius 2 is 1.36 bits per heavy atom. The summed E-state index contributed by atoms with van der Waals surface area (Å²) in [5.74, 6) is 0.00163. The van der Waals surface area contributed by atoms with Crippen molar-refractivity contribution in [2.24, 2.45) is 11.8 Å². The summed E-state index contributed by atoms with van der Waals surface area (Å²) >= 11 is 0. The van der Waals surface area contributed by atoms with Gasteiger partial charge in [-0.05, 0) is 60.1 Å². The molecule has 0 spiro atoms. The number of aryl methyl sites for hydroxylation is 1. The van der Waals surface area contributed by atoms with Crippen molar-refractivity contribution in [3.05, 3.63) is 59.4 Å². The Hall–Kier alpha value is -1.77. The largest absolute Gasteiger partial charge is 0.207 e. The van der Waals surface area contributed by atoms with Crippen molar-refractivity contribution < 1.29 is 13.2 Å². The number of hydrogen-bond donors (Lipinski definition) is 0. The van der Waals surface area contributed by atoms with E-state index in [0.717, 1.165) is 12.3 Å². The van der Waals surface area contributed by atoms with Gasteiger partial charge in [-0.1, -0.05) is 70.4 Å². The standard InChI is InChI=1S/C25H31F3/c1-2-3-4-5-18-6-8-19(9-7-18)10-11-20-16-23(27)25(24(28)17-20)21-12-14-22(26)15-13-21/h12-19H,2-11H2,1H3/t18-,19-. The average molecular weight is 389 g/mol. The monoisotopic (exact) mass is 388 g/mol. The zero-order chi connectivity index (χ0) is 19.9. The third kappa shape index (κ3) is 5.62. The van der Waals surface area contributed by atoms with Gasteiger partial charge in [-0.25, -0.2) is 13.2 Å². The van der Waals surface area contributed by atoms with E-state index in [9.17, 15) is 13.2 Å². The second-order valence-electron chi connectivity index (χ2n) is 8.36. The van der Waals surface area contributed by atoms with Crippen LogP contribution < -0.4 is 0 Å². The minimum atomic E-state index is -0.568. The van der Waals surface area contributed by atoms with Gasteiger partial charge in [0.1, 0.15) is 17.5 Å². The number of rotatable bonds is 8. The van der Waals surface area contributed by atoms with Crippen LogP contribution in [0.25, 0.3) is 11.1 Å². The van der Waals surface area contributed by atoms with Gasteiger partial charge in [-0.15, -0.1) is 0 Å². The second kappa shape index (κ2) is 10.1. The van der Waals surface area contributed by atoms with Gasteiger partial charge in [0.25, 0.3) is 0 Å². The fraction of sp³-hybridized carbons (Fsp3) is 0.520. The summed E-state index contributed by atoms with van der Waals surface area (Å²) in [5, 5.41) is 0. The Balaban J connectivity index is 1.54. The lowest BCUT2D eigenvalue weighted by Crippen LogP contribution is -2.15. The second-order valence-corrected chi connectivity index (χ2v) is 8.36. The summed E-state index contributed by atoms with van der Waals surface area (Å²) in [6.07, 6.45) is 12.1. The van der Waals surface area contributed by atoms with E-state index in [-0.39, 0.29) is 5.56 Å². The molecule has 0 radical (unpaired) electrons. The summed E-state index contributed by atoms with van der Waals surface area (Å²) in [6.45, 7) is 2.24. The van der Waals surface area contributed by atoms with Gasteiger partial charge in [0.2, 0.25) is 0 Å². The fourth-order valence-corrected chi connectivity index (χ4v) is 4.52. The molecule has 1 aliphatic rings. The number of halogens is 3. The summed E-state index contributed by atoms with van der Waals surface area (Å²) in [7, 11) is 0. The SMILES string of the molecule is CCCCC[C@H]1CC[C@H](CCc2cc(F)c(-c3ccc(F)cc3)c(F)c2)CC1. The van der Waals surface area contributed by atoms with Crippen LogP contribution in [0, 0.1) is 29.3 Å². The van der Waals surface area contributed by atoms with E-state index in [0.29, 0.717) is 23.5 Å². The third-order valence-electron chi connectivity index (χ3n) is 6.26. The molecule has 0 saturated heterocycles. The molecule has 2 aromatic carbocycles. The minimum Gasteiger partial charge on any atom is -0.207 e. The van der Waals surface area contributed by atoms with E-state index in [4.69, 9.17) is 0 Å². The highest BCUT2D eigenvalue weighted by molar-refractivity contribution is 5.65. The van der Waals surface area contributed by atoms with Crippen molar-refractivity contribution >= 4 is 0 Å². The minimum absolute atomic E-state index is 0.0728. The predicted octanol–water partition coefficient (Wildman–Crippen LogP) is 8.09. The first-order valence-electron chi connectivity index (χ1n) is 10.8. The maximum absolute atomic E-state index is 14.5. The first-order chi connectivity index (χ1) is 13.6. The van der Waals surface area contributed by atoms with Crippen molar-refractivity contribution in [1.29, 1.82) is 0 Å². The Bertz CT molecular complexity index is 720. The van der Waals surface area contributed by atoms with Crippen molar-refractivity contribution in [2.75, 3.05) is 0 Å². The molecule has 3 rings (SSSR count). The van der Waals surface area contributed by atoms with Crippen LogP contribution in [0.1, 0.15) is 70.3 Å². The van der Waals surface area contributed by atoms with Crippen LogP contribution in [-0.4, -0.2) is 0 Å². The van der Waals surface area contributed by atoms with Crippen LogP contribution in [0.5, 0.6) is 0 Å². The summed E-state index contributed by atoms with van der Waals surface area (Å²) in [4.78, 5) is 0. The number of unbranched alkanes of at least 4 members (excludes halogenated alkanes) is 2. The predicted molar refractivity (Wildman–Crippen MR) is 110 cm³/mol. The van der Waals surface area contributed by atoms with Crippen LogP contribution in [0.15, 0.2) is 36.4 Å². The smallest absolute Gasteiger partial charge is 0.134 e. The molecule has 0 N–H and O–H groups in total. The molecular formula is C25H31F3. The fourth-order valence-electron chi connectivity index (χ4n) is 4.52. The first kappa shape index (κ1) is 21.0. The van der Waals surface area contributed by atoms with Crippen molar-refractivity contribution in [1.82, 2.24) is 0 Å². The molecule has 1 fully saturated rings. The van der Waals surface area contributed by atoms with Crippen LogP contribution in [0.2, 0.25) is 0 Å². The van der Waals surface area contributed by atoms with E-state index in [1.807, 2.05) is 0 Å². The van der Waals surface area contributed by atoms with Gasteiger partial charge in [-0.3, -0.25) is 0 Å². The van der Waals surface area contributed by atoms with Crippen molar-refractivity contribution in [3.63, 3.8) is 0 Å². The lowest BCUT2D eigenvalue weighted by Gasteiger charge is -2.28. The highest BCUT2D eigenvalue weighted by atomic mass is 19.1. The zero-order valence-corrected chi connectivity index (χ0v) is 16.8. The third-order valence-corrected chi connectivity index (χ3v) is 6.26. The van der Waals surface area contributed by atoms with E-state index in [1.165, 1.54) is 87.8 Å². The summed E-state index contributed by atoms with van der Waals surface area (Å²) in [6, 6.07) is 8.16. The van der Waals surface area contributed by atoms with Crippen LogP contribution in [0.3, 0.4) is 0 Å². The first-order valence-corrected chi connectivity index (χ1v) is 10.8. The maximum atomic E-state index is 14.5. The van der Waals surface area contributed by atoms with Crippen LogP contribution >= 0.6 is 0 Å². The summed E-state index contributed by atoms with van der Waals surface area (Å²) < 4.78 is 42.1. The summed E-state index contributed by atoms with van der Waals surface area (Å²) in [5.41, 5.74) is 1.01. The molecule has 0 unspecified atom stereocenters. The lowest BCUT2D eigenvalue weighted by molar-refractivity contribution is 0.249. The highest BCUT2D eigenvalue weighted by Gasteiger charge is 2.21. The molecule has 28 heavy (non-hydrogen) atoms. The van der Waals surface area contributed by atoms with Crippen LogP contribution in [0.4, 0.5) is 13.2 Å². The molecule has 0 heterocycles. The van der Waals surface area contributed by atoms with E-state index >= 15 is 0 Å². The van der Waals surface area contributed by atoms with Crippen LogP contribution in [-0.2, 0) is 6.42 Å². The van der Waals surface area contributed by atoms with Gasteiger partial charge in [0, 0.05) is 0 Å². The quantitative estimate of drug-likeness (QED) is 0.401. The molecule has 1 aliphatic carbocycles. The molecule has 3 heteroatoms. The Kier molecular flexibility index (Phi) is 7.58. The molecule has 0 nitrogen and oxygen atoms in total. The van der Waals surface area contributed by atoms with Crippen molar-refractivity contribution in [3.8, 4) is 11.1 Å². The Morgan fingerprint density at radius 3 is 1.93 bits per heavy atom. The number of benzene rings is 2.